The van der Waals surface area contributed by atoms with Crippen LogP contribution in [0.3, 0.4) is 0 Å². The molecule has 0 aliphatic carbocycles. The predicted octanol–water partition coefficient (Wildman–Crippen LogP) is 3.28. The van der Waals surface area contributed by atoms with Gasteiger partial charge in [-0.05, 0) is 43.7 Å². The fraction of sp³-hybridized carbons (Fsp3) is 0.320. The number of rotatable bonds is 9. The molecular weight excluding hydrogens is 503 g/mol. The van der Waals surface area contributed by atoms with Gasteiger partial charge < -0.3 is 19.2 Å². The van der Waals surface area contributed by atoms with Gasteiger partial charge in [0.1, 0.15) is 21.4 Å². The molecule has 3 aromatic heterocycles. The Bertz CT molecular complexity index is 1630. The molecule has 0 fully saturated rings. The van der Waals surface area contributed by atoms with Crippen LogP contribution in [0.4, 0.5) is 4.39 Å². The predicted molar refractivity (Wildman–Crippen MR) is 137 cm³/mol. The minimum atomic E-state index is -3.56. The molecule has 10 nitrogen and oxygen atoms in total. The number of aromatic amines is 1. The van der Waals surface area contributed by atoms with Crippen LogP contribution in [0.15, 0.2) is 41.3 Å². The van der Waals surface area contributed by atoms with E-state index in [2.05, 4.69) is 15.0 Å². The van der Waals surface area contributed by atoms with E-state index >= 15 is 0 Å². The third-order valence-electron chi connectivity index (χ3n) is 5.91. The number of ether oxygens (including phenoxy) is 3. The first kappa shape index (κ1) is 26.1. The first-order valence-corrected chi connectivity index (χ1v) is 13.4. The largest absolute Gasteiger partial charge is 0.496 e. The minimum absolute atomic E-state index is 0.184. The van der Waals surface area contributed by atoms with Gasteiger partial charge in [-0.1, -0.05) is 0 Å². The number of aromatic nitrogens is 4. The lowest BCUT2D eigenvalue weighted by Crippen LogP contribution is -2.29. The average Bonchev–Trinajstić information content (AvgIpc) is 3.19. The number of halogens is 1. The number of hydrogen-bond donors (Lipinski definition) is 1. The minimum Gasteiger partial charge on any atom is -0.496 e. The lowest BCUT2D eigenvalue weighted by atomic mass is 10.0. The number of nitrogens with zero attached hydrogens (tertiary/aromatic N) is 3. The molecule has 1 aromatic carbocycles. The van der Waals surface area contributed by atoms with Gasteiger partial charge in [-0.2, -0.15) is 0 Å². The molecule has 0 radical (unpaired) electrons. The fourth-order valence-electron chi connectivity index (χ4n) is 4.24. The fourth-order valence-corrected chi connectivity index (χ4v) is 5.13. The van der Waals surface area contributed by atoms with Gasteiger partial charge in [0.2, 0.25) is 0 Å². The maximum atomic E-state index is 13.8. The first-order chi connectivity index (χ1) is 17.6. The maximum absolute atomic E-state index is 13.8. The molecule has 3 heterocycles. The van der Waals surface area contributed by atoms with Crippen molar-refractivity contribution in [2.24, 2.45) is 0 Å². The Hall–Kier alpha value is -3.93. The van der Waals surface area contributed by atoms with Crippen molar-refractivity contribution in [3.63, 3.8) is 0 Å². The molecule has 0 aliphatic heterocycles. The molecule has 12 heteroatoms. The topological polar surface area (TPSA) is 125 Å². The van der Waals surface area contributed by atoms with Gasteiger partial charge in [-0.3, -0.25) is 4.57 Å². The molecular formula is C25H27FN4O6S. The SMILES string of the molecule is CCOc1nc([C@@H](CS(C)(=O)=O)n2c(=O)[nH]c3c(C)c(-c4ccc(F)cc4OC)cnc32)ccc1OC. The highest BCUT2D eigenvalue weighted by Gasteiger charge is 2.28. The number of imidazole rings is 1. The number of sulfone groups is 1. The Kier molecular flexibility index (Phi) is 7.21. The summed E-state index contributed by atoms with van der Waals surface area (Å²) in [6.45, 7) is 3.88. The van der Waals surface area contributed by atoms with E-state index in [1.807, 2.05) is 0 Å². The summed E-state index contributed by atoms with van der Waals surface area (Å²) in [6, 6.07) is 6.35. The Morgan fingerprint density at radius 1 is 1.11 bits per heavy atom. The van der Waals surface area contributed by atoms with Gasteiger partial charge >= 0.3 is 5.69 Å². The van der Waals surface area contributed by atoms with Crippen LogP contribution in [0, 0.1) is 12.7 Å². The molecule has 0 spiro atoms. The Morgan fingerprint density at radius 2 is 1.84 bits per heavy atom. The van der Waals surface area contributed by atoms with Crippen LogP contribution in [0.5, 0.6) is 17.4 Å². The highest BCUT2D eigenvalue weighted by molar-refractivity contribution is 7.90. The number of methoxy groups -OCH3 is 2. The number of hydrogen-bond acceptors (Lipinski definition) is 8. The van der Waals surface area contributed by atoms with Crippen LogP contribution in [0.1, 0.15) is 24.2 Å². The van der Waals surface area contributed by atoms with Crippen molar-refractivity contribution in [1.82, 2.24) is 19.5 Å². The summed E-state index contributed by atoms with van der Waals surface area (Å²) in [5.74, 6) is 0.0188. The third-order valence-corrected chi connectivity index (χ3v) is 6.83. The van der Waals surface area contributed by atoms with E-state index in [0.29, 0.717) is 46.0 Å². The second kappa shape index (κ2) is 10.2. The molecule has 1 N–H and O–H groups in total. The lowest BCUT2D eigenvalue weighted by Gasteiger charge is -2.19. The molecule has 0 amide bonds. The molecule has 1 atom stereocenters. The normalized spacial score (nSPS) is 12.5. The van der Waals surface area contributed by atoms with Gasteiger partial charge in [0.05, 0.1) is 43.8 Å². The van der Waals surface area contributed by atoms with Gasteiger partial charge in [-0.15, -0.1) is 0 Å². The smallest absolute Gasteiger partial charge is 0.328 e. The molecule has 0 unspecified atom stereocenters. The van der Waals surface area contributed by atoms with Crippen LogP contribution in [0.25, 0.3) is 22.3 Å². The van der Waals surface area contributed by atoms with Crippen molar-refractivity contribution in [2.45, 2.75) is 19.9 Å². The summed E-state index contributed by atoms with van der Waals surface area (Å²) in [6.07, 6.45) is 2.63. The highest BCUT2D eigenvalue weighted by Crippen LogP contribution is 2.35. The van der Waals surface area contributed by atoms with Crippen molar-refractivity contribution in [2.75, 3.05) is 32.8 Å². The summed E-state index contributed by atoms with van der Waals surface area (Å²) >= 11 is 0. The van der Waals surface area contributed by atoms with Crippen LogP contribution in [-0.2, 0) is 9.84 Å². The van der Waals surface area contributed by atoms with E-state index in [0.717, 1.165) is 6.26 Å². The molecule has 0 bridgehead atoms. The third kappa shape index (κ3) is 5.15. The van der Waals surface area contributed by atoms with Crippen LogP contribution >= 0.6 is 0 Å². The number of H-pyrrole nitrogens is 1. The molecule has 0 saturated heterocycles. The highest BCUT2D eigenvalue weighted by atomic mass is 32.2. The van der Waals surface area contributed by atoms with Crippen LogP contribution in [-0.4, -0.2) is 60.8 Å². The van der Waals surface area contributed by atoms with E-state index in [4.69, 9.17) is 14.2 Å². The molecule has 0 saturated carbocycles. The molecule has 0 aliphatic rings. The van der Waals surface area contributed by atoms with E-state index in [9.17, 15) is 17.6 Å². The second-order valence-electron chi connectivity index (χ2n) is 8.43. The summed E-state index contributed by atoms with van der Waals surface area (Å²) in [5.41, 5.74) is 2.26. The standard InChI is InChI=1S/C25H27FN4O6S/c1-6-36-24-20(34-3)10-9-18(28-24)19(13-37(5,32)33)30-23-22(29-25(30)31)14(2)17(12-27-23)16-8-7-15(26)11-21(16)35-4/h7-12,19H,6,13H2,1-5H3,(H,29,31)/t19-/m1/s1. The Labute approximate surface area is 213 Å². The first-order valence-electron chi connectivity index (χ1n) is 11.4. The number of pyridine rings is 2. The maximum Gasteiger partial charge on any atom is 0.328 e. The summed E-state index contributed by atoms with van der Waals surface area (Å²) in [4.78, 5) is 25.0. The molecule has 196 valence electrons. The zero-order chi connectivity index (χ0) is 26.9. The van der Waals surface area contributed by atoms with Crippen molar-refractivity contribution in [3.05, 3.63) is 64.1 Å². The van der Waals surface area contributed by atoms with Gasteiger partial charge in [0.15, 0.2) is 11.4 Å². The monoisotopic (exact) mass is 530 g/mol. The summed E-state index contributed by atoms with van der Waals surface area (Å²) in [5, 5.41) is 0. The molecule has 4 aromatic rings. The van der Waals surface area contributed by atoms with Crippen molar-refractivity contribution in [1.29, 1.82) is 0 Å². The lowest BCUT2D eigenvalue weighted by molar-refractivity contribution is 0.296. The van der Waals surface area contributed by atoms with Crippen molar-refractivity contribution >= 4 is 21.0 Å². The zero-order valence-corrected chi connectivity index (χ0v) is 21.8. The van der Waals surface area contributed by atoms with Crippen LogP contribution < -0.4 is 19.9 Å². The molecule has 37 heavy (non-hydrogen) atoms. The molecule has 4 rings (SSSR count). The number of benzene rings is 1. The van der Waals surface area contributed by atoms with Gasteiger partial charge in [0, 0.05) is 29.6 Å². The summed E-state index contributed by atoms with van der Waals surface area (Å²) in [7, 11) is -0.657. The second-order valence-corrected chi connectivity index (χ2v) is 10.6. The van der Waals surface area contributed by atoms with Crippen LogP contribution in [0.2, 0.25) is 0 Å². The van der Waals surface area contributed by atoms with Gasteiger partial charge in [-0.25, -0.2) is 27.6 Å². The average molecular weight is 531 g/mol. The Balaban J connectivity index is 1.93. The number of fused-ring (bicyclic) bond motifs is 1. The van der Waals surface area contributed by atoms with Crippen molar-refractivity contribution in [3.8, 4) is 28.5 Å². The van der Waals surface area contributed by atoms with E-state index in [1.165, 1.54) is 30.9 Å². The summed E-state index contributed by atoms with van der Waals surface area (Å²) < 4.78 is 56.1. The zero-order valence-electron chi connectivity index (χ0n) is 21.0. The number of aryl methyl sites for hydroxylation is 1. The number of nitrogens with one attached hydrogen (secondary N) is 1. The quantitative estimate of drug-likeness (QED) is 0.350. The van der Waals surface area contributed by atoms with Gasteiger partial charge in [0.25, 0.3) is 5.88 Å². The van der Waals surface area contributed by atoms with E-state index < -0.39 is 33.1 Å². The van der Waals surface area contributed by atoms with Crippen molar-refractivity contribution < 1.29 is 27.0 Å². The van der Waals surface area contributed by atoms with E-state index in [1.54, 1.807) is 38.2 Å². The van der Waals surface area contributed by atoms with E-state index in [-0.39, 0.29) is 11.5 Å². The Morgan fingerprint density at radius 3 is 2.49 bits per heavy atom.